The average molecular weight is 480 g/mol. The van der Waals surface area contributed by atoms with Gasteiger partial charge in [0.2, 0.25) is 8.32 Å². The quantitative estimate of drug-likeness (QED) is 0.475. The standard InChI is InChI=1S/C24H41N3O5Si/c1-22(2,3)27-19(26(20(28)29)21(30)31-23(4,5)6)15-18(25-27)16-12-13-17(14-16)32-33(10,11)24(7,8)9/h14-16H,12-13H2,1-11H3,(H,28,29). The molecule has 33 heavy (non-hydrogen) atoms. The molecule has 0 fully saturated rings. The van der Waals surface area contributed by atoms with Crippen LogP contribution in [0.2, 0.25) is 18.1 Å². The van der Waals surface area contributed by atoms with Gasteiger partial charge in [0.05, 0.1) is 17.0 Å². The van der Waals surface area contributed by atoms with E-state index in [2.05, 4.69) is 39.9 Å². The molecule has 0 aliphatic heterocycles. The molecule has 0 aromatic carbocycles. The molecular weight excluding hydrogens is 438 g/mol. The van der Waals surface area contributed by atoms with Crippen LogP contribution >= 0.6 is 0 Å². The first-order valence-corrected chi connectivity index (χ1v) is 14.4. The van der Waals surface area contributed by atoms with E-state index < -0.39 is 31.6 Å². The molecule has 1 heterocycles. The zero-order valence-corrected chi connectivity index (χ0v) is 23.1. The van der Waals surface area contributed by atoms with Crippen molar-refractivity contribution in [1.29, 1.82) is 0 Å². The van der Waals surface area contributed by atoms with E-state index in [1.807, 2.05) is 20.8 Å². The second-order valence-corrected chi connectivity index (χ2v) is 17.0. The van der Waals surface area contributed by atoms with E-state index in [9.17, 15) is 14.7 Å². The van der Waals surface area contributed by atoms with Gasteiger partial charge in [-0.1, -0.05) is 20.8 Å². The predicted molar refractivity (Wildman–Crippen MR) is 132 cm³/mol. The highest BCUT2D eigenvalue weighted by Crippen LogP contribution is 2.42. The highest BCUT2D eigenvalue weighted by atomic mass is 28.4. The van der Waals surface area contributed by atoms with E-state index in [1.54, 1.807) is 31.5 Å². The van der Waals surface area contributed by atoms with Crippen molar-refractivity contribution in [2.45, 2.75) is 110 Å². The molecule has 0 saturated heterocycles. The summed E-state index contributed by atoms with van der Waals surface area (Å²) in [5, 5.41) is 14.7. The number of hydrogen-bond acceptors (Lipinski definition) is 5. The van der Waals surface area contributed by atoms with Crippen LogP contribution in [0.5, 0.6) is 0 Å². The Morgan fingerprint density at radius 1 is 1.12 bits per heavy atom. The van der Waals surface area contributed by atoms with Crippen molar-refractivity contribution < 1.29 is 23.9 Å². The number of aromatic nitrogens is 2. The Kier molecular flexibility index (Phi) is 7.20. The minimum atomic E-state index is -1.95. The van der Waals surface area contributed by atoms with Crippen molar-refractivity contribution in [3.63, 3.8) is 0 Å². The lowest BCUT2D eigenvalue weighted by molar-refractivity contribution is 0.0578. The van der Waals surface area contributed by atoms with Crippen LogP contribution in [0.15, 0.2) is 17.9 Å². The summed E-state index contributed by atoms with van der Waals surface area (Å²) in [6.45, 7) is 21.9. The van der Waals surface area contributed by atoms with E-state index in [-0.39, 0.29) is 16.8 Å². The van der Waals surface area contributed by atoms with Crippen molar-refractivity contribution in [3.8, 4) is 0 Å². The van der Waals surface area contributed by atoms with Crippen molar-refractivity contribution >= 4 is 26.3 Å². The van der Waals surface area contributed by atoms with Crippen LogP contribution in [-0.4, -0.2) is 41.0 Å². The maximum atomic E-state index is 12.8. The molecule has 0 radical (unpaired) electrons. The normalized spacial score (nSPS) is 17.5. The van der Waals surface area contributed by atoms with E-state index in [0.717, 1.165) is 18.6 Å². The number of nitrogens with zero attached hydrogens (tertiary/aromatic N) is 3. The molecule has 2 amide bonds. The van der Waals surface area contributed by atoms with Gasteiger partial charge in [-0.3, -0.25) is 0 Å². The largest absolute Gasteiger partial charge is 0.547 e. The molecule has 2 rings (SSSR count). The number of rotatable bonds is 4. The maximum absolute atomic E-state index is 12.8. The summed E-state index contributed by atoms with van der Waals surface area (Å²) in [6, 6.07) is 1.68. The Balaban J connectivity index is 2.45. The summed E-state index contributed by atoms with van der Waals surface area (Å²) in [4.78, 5) is 25.5. The van der Waals surface area contributed by atoms with Gasteiger partial charge in [-0.2, -0.15) is 10.00 Å². The Bertz CT molecular complexity index is 929. The fourth-order valence-corrected chi connectivity index (χ4v) is 4.42. The van der Waals surface area contributed by atoms with Gasteiger partial charge in [-0.15, -0.1) is 0 Å². The Labute approximate surface area is 199 Å². The molecule has 186 valence electrons. The highest BCUT2D eigenvalue weighted by molar-refractivity contribution is 6.74. The molecule has 1 N–H and O–H groups in total. The van der Waals surface area contributed by atoms with Gasteiger partial charge < -0.3 is 14.3 Å². The van der Waals surface area contributed by atoms with E-state index in [1.165, 1.54) is 0 Å². The van der Waals surface area contributed by atoms with Crippen molar-refractivity contribution in [2.24, 2.45) is 0 Å². The minimum absolute atomic E-state index is 0.0126. The third kappa shape index (κ3) is 6.40. The number of imide groups is 1. The van der Waals surface area contributed by atoms with Crippen LogP contribution in [0.25, 0.3) is 0 Å². The van der Waals surface area contributed by atoms with Gasteiger partial charge in [0.1, 0.15) is 11.4 Å². The van der Waals surface area contributed by atoms with Crippen molar-refractivity contribution in [2.75, 3.05) is 4.90 Å². The molecule has 1 aromatic rings. The lowest BCUT2D eigenvalue weighted by atomic mass is 10.1. The van der Waals surface area contributed by atoms with Gasteiger partial charge in [0, 0.05) is 18.4 Å². The van der Waals surface area contributed by atoms with E-state index in [0.29, 0.717) is 10.6 Å². The minimum Gasteiger partial charge on any atom is -0.547 e. The zero-order chi connectivity index (χ0) is 25.6. The summed E-state index contributed by atoms with van der Waals surface area (Å²) in [6.07, 6.45) is 1.37. The number of allylic oxidation sites excluding steroid dienone is 2. The molecular formula is C24H41N3O5Si. The molecule has 1 aliphatic rings. The topological polar surface area (TPSA) is 93.9 Å². The molecule has 1 unspecified atom stereocenters. The maximum Gasteiger partial charge on any atom is 0.425 e. The fraction of sp³-hybridized carbons (Fsp3) is 0.708. The Hall–Kier alpha value is -2.29. The van der Waals surface area contributed by atoms with Crippen LogP contribution in [0.4, 0.5) is 15.4 Å². The van der Waals surface area contributed by atoms with Crippen LogP contribution in [0.1, 0.15) is 86.8 Å². The number of anilines is 1. The summed E-state index contributed by atoms with van der Waals surface area (Å²) in [5.41, 5.74) is -0.667. The lowest BCUT2D eigenvalue weighted by Crippen LogP contribution is -2.42. The van der Waals surface area contributed by atoms with Gasteiger partial charge in [0.15, 0.2) is 0 Å². The molecule has 0 saturated carbocycles. The van der Waals surface area contributed by atoms with Gasteiger partial charge in [-0.05, 0) is 72.2 Å². The summed E-state index contributed by atoms with van der Waals surface area (Å²) in [7, 11) is -1.95. The number of amides is 2. The first kappa shape index (κ1) is 27.0. The van der Waals surface area contributed by atoms with Gasteiger partial charge in [0.25, 0.3) is 0 Å². The zero-order valence-electron chi connectivity index (χ0n) is 22.1. The summed E-state index contributed by atoms with van der Waals surface area (Å²) < 4.78 is 13.4. The molecule has 8 nitrogen and oxygen atoms in total. The van der Waals surface area contributed by atoms with Gasteiger partial charge >= 0.3 is 12.2 Å². The number of carbonyl (C=O) groups is 2. The molecule has 0 spiro atoms. The molecule has 9 heteroatoms. The second kappa shape index (κ2) is 8.81. The van der Waals surface area contributed by atoms with E-state index in [4.69, 9.17) is 14.3 Å². The molecule has 1 atom stereocenters. The SMILES string of the molecule is CC(C)(C)OC(=O)N(C(=O)O)c1cc(C2C=C(O[Si](C)(C)C(C)(C)C)CC2)nn1C(C)(C)C. The van der Waals surface area contributed by atoms with Crippen LogP contribution in [0.3, 0.4) is 0 Å². The Morgan fingerprint density at radius 2 is 1.70 bits per heavy atom. The molecule has 1 aliphatic carbocycles. The summed E-state index contributed by atoms with van der Waals surface area (Å²) in [5.74, 6) is 1.13. The Morgan fingerprint density at radius 3 is 2.15 bits per heavy atom. The highest BCUT2D eigenvalue weighted by Gasteiger charge is 2.41. The summed E-state index contributed by atoms with van der Waals surface area (Å²) >= 11 is 0. The van der Waals surface area contributed by atoms with Gasteiger partial charge in [-0.25, -0.2) is 14.3 Å². The number of ether oxygens (including phenoxy) is 1. The third-order valence-corrected chi connectivity index (χ3v) is 10.4. The first-order valence-electron chi connectivity index (χ1n) is 11.5. The monoisotopic (exact) mass is 479 g/mol. The number of carbonyl (C=O) groups excluding carboxylic acids is 1. The smallest absolute Gasteiger partial charge is 0.425 e. The third-order valence-electron chi connectivity index (χ3n) is 6.00. The average Bonchev–Trinajstić information content (AvgIpc) is 3.18. The number of carboxylic acid groups (broad SMARTS) is 1. The lowest BCUT2D eigenvalue weighted by Gasteiger charge is -2.36. The predicted octanol–water partition coefficient (Wildman–Crippen LogP) is 6.84. The molecule has 0 bridgehead atoms. The second-order valence-electron chi connectivity index (χ2n) is 12.2. The van der Waals surface area contributed by atoms with Crippen molar-refractivity contribution in [1.82, 2.24) is 9.78 Å². The fourth-order valence-electron chi connectivity index (χ4n) is 3.29. The number of hydrogen-bond donors (Lipinski definition) is 1. The van der Waals surface area contributed by atoms with Crippen LogP contribution in [-0.2, 0) is 14.7 Å². The first-order chi connectivity index (χ1) is 14.7. The van der Waals surface area contributed by atoms with Crippen LogP contribution < -0.4 is 4.90 Å². The van der Waals surface area contributed by atoms with Crippen molar-refractivity contribution in [3.05, 3.63) is 23.6 Å². The van der Waals surface area contributed by atoms with E-state index >= 15 is 0 Å². The van der Waals surface area contributed by atoms with Crippen LogP contribution in [0, 0.1) is 0 Å². The molecule has 1 aromatic heterocycles.